The fourth-order valence-corrected chi connectivity index (χ4v) is 4.83. The molecule has 0 radical (unpaired) electrons. The lowest BCUT2D eigenvalue weighted by molar-refractivity contribution is 0.550. The molecule has 1 aliphatic carbocycles. The molecule has 1 saturated heterocycles. The third-order valence-electron chi connectivity index (χ3n) is 4.20. The van der Waals surface area contributed by atoms with E-state index in [0.717, 1.165) is 18.9 Å². The van der Waals surface area contributed by atoms with Crippen molar-refractivity contribution in [1.29, 1.82) is 0 Å². The van der Waals surface area contributed by atoms with Crippen LogP contribution in [-0.2, 0) is 9.84 Å². The van der Waals surface area contributed by atoms with Gasteiger partial charge in [0.15, 0.2) is 15.8 Å². The Morgan fingerprint density at radius 3 is 2.45 bits per heavy atom. The van der Waals surface area contributed by atoms with Gasteiger partial charge in [-0.1, -0.05) is 26.7 Å². The molecule has 7 heteroatoms. The molecule has 1 atom stereocenters. The second-order valence-electron chi connectivity index (χ2n) is 6.86. The minimum atomic E-state index is -2.79. The largest absolute Gasteiger partial charge is 0.356 e. The maximum atomic E-state index is 11.5. The standard InChI is InChI=1S/C15H29N3O2S.HI/c1-12(2)9-16-15(18-14-5-3-4-6-14)17-10-13-7-8-21(19,20)11-13;/h12-14H,3-11H2,1-2H3,(H2,16,17,18);1H. The smallest absolute Gasteiger partial charge is 0.191 e. The molecule has 1 unspecified atom stereocenters. The maximum Gasteiger partial charge on any atom is 0.191 e. The summed E-state index contributed by atoms with van der Waals surface area (Å²) in [5.74, 6) is 2.28. The van der Waals surface area contributed by atoms with Crippen molar-refractivity contribution < 1.29 is 8.42 Å². The first kappa shape index (κ1) is 20.0. The minimum Gasteiger partial charge on any atom is -0.356 e. The van der Waals surface area contributed by atoms with Gasteiger partial charge in [0.05, 0.1) is 11.5 Å². The Hall–Kier alpha value is -0.0500. The SMILES string of the molecule is CC(C)CN=C(NCC1CCS(=O)(=O)C1)NC1CCCC1.I. The van der Waals surface area contributed by atoms with E-state index < -0.39 is 9.84 Å². The molecule has 0 amide bonds. The Labute approximate surface area is 152 Å². The number of hydrogen-bond acceptors (Lipinski definition) is 3. The molecule has 2 N–H and O–H groups in total. The summed E-state index contributed by atoms with van der Waals surface area (Å²) in [6.07, 6.45) is 5.77. The first-order chi connectivity index (χ1) is 9.94. The fourth-order valence-electron chi connectivity index (χ4n) is 2.96. The third kappa shape index (κ3) is 7.02. The zero-order chi connectivity index (χ0) is 15.3. The van der Waals surface area contributed by atoms with Crippen LogP contribution >= 0.6 is 24.0 Å². The van der Waals surface area contributed by atoms with Gasteiger partial charge in [-0.2, -0.15) is 0 Å². The van der Waals surface area contributed by atoms with Crippen molar-refractivity contribution in [3.05, 3.63) is 0 Å². The Bertz CT molecular complexity index is 459. The Balaban J connectivity index is 0.00000242. The molecule has 0 aromatic carbocycles. The summed E-state index contributed by atoms with van der Waals surface area (Å²) < 4.78 is 23.0. The second-order valence-corrected chi connectivity index (χ2v) is 9.09. The zero-order valence-corrected chi connectivity index (χ0v) is 16.8. The molecular weight excluding hydrogens is 413 g/mol. The highest BCUT2D eigenvalue weighted by Gasteiger charge is 2.28. The Kier molecular flexibility index (Phi) is 8.45. The molecule has 0 aromatic rings. The van der Waals surface area contributed by atoms with Crippen molar-refractivity contribution in [2.45, 2.75) is 52.0 Å². The summed E-state index contributed by atoms with van der Waals surface area (Å²) in [4.78, 5) is 4.63. The Morgan fingerprint density at radius 1 is 1.23 bits per heavy atom. The predicted molar refractivity (Wildman–Crippen MR) is 103 cm³/mol. The van der Waals surface area contributed by atoms with Crippen molar-refractivity contribution >= 4 is 39.8 Å². The summed E-state index contributed by atoms with van der Waals surface area (Å²) in [5.41, 5.74) is 0. The fraction of sp³-hybridized carbons (Fsp3) is 0.933. The number of nitrogens with zero attached hydrogens (tertiary/aromatic N) is 1. The molecule has 0 spiro atoms. The first-order valence-corrected chi connectivity index (χ1v) is 10.0. The quantitative estimate of drug-likeness (QED) is 0.388. The molecule has 22 heavy (non-hydrogen) atoms. The van der Waals surface area contributed by atoms with Crippen molar-refractivity contribution in [1.82, 2.24) is 10.6 Å². The van der Waals surface area contributed by atoms with Crippen LogP contribution < -0.4 is 10.6 Å². The number of nitrogens with one attached hydrogen (secondary N) is 2. The summed E-state index contributed by atoms with van der Waals surface area (Å²) in [7, 11) is -2.79. The van der Waals surface area contributed by atoms with Crippen LogP contribution in [0.3, 0.4) is 0 Å². The molecule has 0 bridgehead atoms. The molecule has 5 nitrogen and oxygen atoms in total. The molecule has 2 aliphatic rings. The molecule has 1 saturated carbocycles. The summed E-state index contributed by atoms with van der Waals surface area (Å²) in [6.45, 7) is 5.81. The van der Waals surface area contributed by atoms with E-state index in [1.54, 1.807) is 0 Å². The number of hydrogen-bond donors (Lipinski definition) is 2. The van der Waals surface area contributed by atoms with Gasteiger partial charge < -0.3 is 10.6 Å². The summed E-state index contributed by atoms with van der Waals surface area (Å²) in [5, 5.41) is 6.86. The first-order valence-electron chi connectivity index (χ1n) is 8.20. The third-order valence-corrected chi connectivity index (χ3v) is 6.03. The average Bonchev–Trinajstić information content (AvgIpc) is 3.02. The molecule has 130 valence electrons. The van der Waals surface area contributed by atoms with E-state index in [1.807, 2.05) is 0 Å². The van der Waals surface area contributed by atoms with Gasteiger partial charge in [-0.15, -0.1) is 24.0 Å². The Morgan fingerprint density at radius 2 is 1.91 bits per heavy atom. The van der Waals surface area contributed by atoms with E-state index in [9.17, 15) is 8.42 Å². The van der Waals surface area contributed by atoms with Crippen molar-refractivity contribution in [3.63, 3.8) is 0 Å². The number of rotatable bonds is 5. The molecule has 2 fully saturated rings. The van der Waals surface area contributed by atoms with Crippen molar-refractivity contribution in [2.75, 3.05) is 24.6 Å². The number of aliphatic imine (C=N–C) groups is 1. The molecule has 1 aliphatic heterocycles. The van der Waals surface area contributed by atoms with Gasteiger partial charge in [-0.3, -0.25) is 4.99 Å². The predicted octanol–water partition coefficient (Wildman–Crippen LogP) is 2.17. The van der Waals surface area contributed by atoms with E-state index in [1.165, 1.54) is 25.7 Å². The maximum absolute atomic E-state index is 11.5. The highest BCUT2D eigenvalue weighted by atomic mass is 127. The molecule has 1 heterocycles. The summed E-state index contributed by atoms with van der Waals surface area (Å²) in [6, 6.07) is 0.524. The van der Waals surface area contributed by atoms with E-state index >= 15 is 0 Å². The van der Waals surface area contributed by atoms with Crippen LogP contribution in [0.5, 0.6) is 0 Å². The van der Waals surface area contributed by atoms with Crippen LogP contribution in [0.2, 0.25) is 0 Å². The van der Waals surface area contributed by atoms with Gasteiger partial charge in [0.25, 0.3) is 0 Å². The van der Waals surface area contributed by atoms with Gasteiger partial charge >= 0.3 is 0 Å². The normalized spacial score (nSPS) is 25.2. The molecule has 0 aromatic heterocycles. The van der Waals surface area contributed by atoms with Crippen LogP contribution in [0.1, 0.15) is 46.0 Å². The van der Waals surface area contributed by atoms with Crippen LogP contribution in [0.25, 0.3) is 0 Å². The van der Waals surface area contributed by atoms with Crippen LogP contribution in [-0.4, -0.2) is 45.0 Å². The van der Waals surface area contributed by atoms with Crippen molar-refractivity contribution in [3.8, 4) is 0 Å². The molecular formula is C15H30IN3O2S. The topological polar surface area (TPSA) is 70.6 Å². The van der Waals surface area contributed by atoms with Crippen LogP contribution in [0, 0.1) is 11.8 Å². The van der Waals surface area contributed by atoms with Gasteiger partial charge in [0.1, 0.15) is 0 Å². The lowest BCUT2D eigenvalue weighted by Crippen LogP contribution is -2.44. The van der Waals surface area contributed by atoms with E-state index in [2.05, 4.69) is 29.5 Å². The number of guanidine groups is 1. The van der Waals surface area contributed by atoms with E-state index in [0.29, 0.717) is 30.0 Å². The van der Waals surface area contributed by atoms with Crippen LogP contribution in [0.4, 0.5) is 0 Å². The summed E-state index contributed by atoms with van der Waals surface area (Å²) >= 11 is 0. The highest BCUT2D eigenvalue weighted by Crippen LogP contribution is 2.18. The molecule has 2 rings (SSSR count). The van der Waals surface area contributed by atoms with Crippen LogP contribution in [0.15, 0.2) is 4.99 Å². The van der Waals surface area contributed by atoms with E-state index in [-0.39, 0.29) is 29.9 Å². The highest BCUT2D eigenvalue weighted by molar-refractivity contribution is 14.0. The lowest BCUT2D eigenvalue weighted by Gasteiger charge is -2.19. The van der Waals surface area contributed by atoms with Gasteiger partial charge in [0.2, 0.25) is 0 Å². The minimum absolute atomic E-state index is 0. The van der Waals surface area contributed by atoms with Gasteiger partial charge in [-0.25, -0.2) is 8.42 Å². The average molecular weight is 443 g/mol. The second kappa shape index (κ2) is 9.30. The van der Waals surface area contributed by atoms with E-state index in [4.69, 9.17) is 0 Å². The van der Waals surface area contributed by atoms with Crippen molar-refractivity contribution in [2.24, 2.45) is 16.8 Å². The monoisotopic (exact) mass is 443 g/mol. The zero-order valence-electron chi connectivity index (χ0n) is 13.7. The lowest BCUT2D eigenvalue weighted by atomic mass is 10.1. The number of halogens is 1. The number of sulfone groups is 1. The van der Waals surface area contributed by atoms with Gasteiger partial charge in [-0.05, 0) is 31.1 Å². The van der Waals surface area contributed by atoms with Gasteiger partial charge in [0, 0.05) is 19.1 Å².